The number of sulfonamides is 1. The van der Waals surface area contributed by atoms with Gasteiger partial charge < -0.3 is 0 Å². The molecule has 7 nitrogen and oxygen atoms in total. The highest BCUT2D eigenvalue weighted by Crippen LogP contribution is 2.19. The van der Waals surface area contributed by atoms with Crippen molar-refractivity contribution in [2.45, 2.75) is 4.21 Å². The summed E-state index contributed by atoms with van der Waals surface area (Å²) in [7, 11) is -3.66. The van der Waals surface area contributed by atoms with Crippen molar-refractivity contribution in [2.75, 3.05) is 11.7 Å². The van der Waals surface area contributed by atoms with Crippen LogP contribution in [0.25, 0.3) is 0 Å². The lowest BCUT2D eigenvalue weighted by atomic mass is 10.7. The fourth-order valence-corrected chi connectivity index (χ4v) is 3.64. The van der Waals surface area contributed by atoms with Crippen molar-refractivity contribution in [1.29, 1.82) is 0 Å². The minimum Gasteiger partial charge on any atom is -0.269 e. The van der Waals surface area contributed by atoms with E-state index in [1.807, 2.05) is 0 Å². The molecular formula is C8H10ClN5O2S3. The Bertz CT molecular complexity index is 623. The number of thiophene rings is 1. The summed E-state index contributed by atoms with van der Waals surface area (Å²) in [5.74, 6) is 0. The van der Waals surface area contributed by atoms with Crippen LogP contribution in [-0.2, 0) is 10.0 Å². The summed E-state index contributed by atoms with van der Waals surface area (Å²) in [6.45, 7) is 0. The normalized spacial score (nSPS) is 11.9. The lowest BCUT2D eigenvalue weighted by Gasteiger charge is -2.06. The van der Waals surface area contributed by atoms with E-state index < -0.39 is 10.0 Å². The molecule has 0 unspecified atom stereocenters. The van der Waals surface area contributed by atoms with Crippen LogP contribution in [0.4, 0.5) is 0 Å². The monoisotopic (exact) mass is 339 g/mol. The average molecular weight is 340 g/mol. The second-order valence-corrected chi connectivity index (χ2v) is 6.56. The Hall–Kier alpha value is -1.10. The Morgan fingerprint density at radius 2 is 2.16 bits per heavy atom. The number of amidine groups is 1. The van der Waals surface area contributed by atoms with E-state index in [-0.39, 0.29) is 21.8 Å². The van der Waals surface area contributed by atoms with E-state index in [1.165, 1.54) is 35.2 Å². The number of nitrogens with zero attached hydrogens (tertiary/aromatic N) is 4. The van der Waals surface area contributed by atoms with Crippen LogP contribution in [-0.4, -0.2) is 34.7 Å². The van der Waals surface area contributed by atoms with E-state index in [4.69, 9.17) is 0 Å². The zero-order valence-corrected chi connectivity index (χ0v) is 12.9. The fraction of sp³-hybridized carbons (Fsp3) is 0.125. The van der Waals surface area contributed by atoms with Crippen molar-refractivity contribution in [2.24, 2.45) is 4.40 Å². The molecule has 2 heterocycles. The van der Waals surface area contributed by atoms with E-state index in [0.717, 1.165) is 11.3 Å². The summed E-state index contributed by atoms with van der Waals surface area (Å²) in [4.78, 5) is 0. The van der Waals surface area contributed by atoms with Crippen LogP contribution < -0.4 is 5.43 Å². The third kappa shape index (κ3) is 4.20. The molecule has 0 saturated heterocycles. The van der Waals surface area contributed by atoms with Gasteiger partial charge in [0.05, 0.1) is 0 Å². The lowest BCUT2D eigenvalue weighted by molar-refractivity contribution is 0.600. The van der Waals surface area contributed by atoms with Gasteiger partial charge in [-0.1, -0.05) is 17.8 Å². The number of thioether (sulfide) groups is 1. The molecule has 0 spiro atoms. The van der Waals surface area contributed by atoms with Gasteiger partial charge in [0.2, 0.25) is 0 Å². The van der Waals surface area contributed by atoms with Gasteiger partial charge in [0.1, 0.15) is 16.9 Å². The van der Waals surface area contributed by atoms with Crippen LogP contribution in [0.1, 0.15) is 0 Å². The van der Waals surface area contributed by atoms with Crippen molar-refractivity contribution in [3.05, 3.63) is 30.2 Å². The van der Waals surface area contributed by atoms with E-state index in [9.17, 15) is 8.42 Å². The molecule has 0 radical (unpaired) electrons. The van der Waals surface area contributed by atoms with Gasteiger partial charge in [-0.05, 0) is 17.7 Å². The zero-order chi connectivity index (χ0) is 13.0. The van der Waals surface area contributed by atoms with Gasteiger partial charge in [-0.25, -0.2) is 4.68 Å². The second kappa shape index (κ2) is 6.89. The number of hydrogen-bond acceptors (Lipinski definition) is 6. The van der Waals surface area contributed by atoms with Gasteiger partial charge in [-0.15, -0.1) is 38.3 Å². The summed E-state index contributed by atoms with van der Waals surface area (Å²) in [6, 6.07) is 3.18. The van der Waals surface area contributed by atoms with E-state index >= 15 is 0 Å². The zero-order valence-electron chi connectivity index (χ0n) is 9.63. The third-order valence-corrected chi connectivity index (χ3v) is 5.12. The molecule has 0 aliphatic carbocycles. The molecule has 0 saturated carbocycles. The van der Waals surface area contributed by atoms with E-state index in [1.54, 1.807) is 17.7 Å². The SMILES string of the molecule is CSC(=NS(=O)(=O)c1cccs1)Nn1cnnc1.Cl. The first-order valence-corrected chi connectivity index (χ1v) is 8.20. The topological polar surface area (TPSA) is 89.2 Å². The first kappa shape index (κ1) is 16.0. The number of hydrogen-bond donors (Lipinski definition) is 1. The molecule has 19 heavy (non-hydrogen) atoms. The van der Waals surface area contributed by atoms with Crippen LogP contribution in [0.5, 0.6) is 0 Å². The van der Waals surface area contributed by atoms with Gasteiger partial charge in [0.15, 0.2) is 5.17 Å². The molecule has 0 aliphatic heterocycles. The van der Waals surface area contributed by atoms with Gasteiger partial charge in [0.25, 0.3) is 10.0 Å². The average Bonchev–Trinajstić information content (AvgIpc) is 3.00. The predicted octanol–water partition coefficient (Wildman–Crippen LogP) is 1.41. The maximum atomic E-state index is 11.9. The minimum absolute atomic E-state index is 0. The Balaban J connectivity index is 0.00000180. The van der Waals surface area contributed by atoms with Crippen molar-refractivity contribution in [1.82, 2.24) is 14.9 Å². The smallest absolute Gasteiger partial charge is 0.269 e. The Morgan fingerprint density at radius 1 is 1.47 bits per heavy atom. The molecule has 2 aromatic heterocycles. The molecule has 0 aliphatic rings. The fourth-order valence-electron chi connectivity index (χ4n) is 1.04. The molecule has 104 valence electrons. The molecule has 0 atom stereocenters. The van der Waals surface area contributed by atoms with Crippen LogP contribution in [0.3, 0.4) is 0 Å². The number of halogens is 1. The molecule has 2 rings (SSSR count). The molecule has 2 aromatic rings. The van der Waals surface area contributed by atoms with Crippen LogP contribution in [0, 0.1) is 0 Å². The van der Waals surface area contributed by atoms with Crippen LogP contribution in [0.15, 0.2) is 38.8 Å². The minimum atomic E-state index is -3.66. The third-order valence-electron chi connectivity index (χ3n) is 1.79. The lowest BCUT2D eigenvalue weighted by Crippen LogP contribution is -2.19. The van der Waals surface area contributed by atoms with Crippen molar-refractivity contribution in [3.63, 3.8) is 0 Å². The van der Waals surface area contributed by atoms with Crippen LogP contribution >= 0.6 is 35.5 Å². The highest BCUT2D eigenvalue weighted by atomic mass is 35.5. The summed E-state index contributed by atoms with van der Waals surface area (Å²) in [6.07, 6.45) is 4.53. The summed E-state index contributed by atoms with van der Waals surface area (Å²) >= 11 is 2.31. The largest absolute Gasteiger partial charge is 0.294 e. The number of aromatic nitrogens is 3. The summed E-state index contributed by atoms with van der Waals surface area (Å²) in [5.41, 5.74) is 2.76. The van der Waals surface area contributed by atoms with Gasteiger partial charge in [0, 0.05) is 0 Å². The Morgan fingerprint density at radius 3 is 2.68 bits per heavy atom. The quantitative estimate of drug-likeness (QED) is 0.672. The number of rotatable bonds is 3. The maximum absolute atomic E-state index is 11.9. The summed E-state index contributed by atoms with van der Waals surface area (Å²) in [5, 5.41) is 9.12. The number of nitrogens with one attached hydrogen (secondary N) is 1. The first-order chi connectivity index (χ1) is 8.62. The molecule has 0 amide bonds. The molecule has 1 N–H and O–H groups in total. The molecule has 0 fully saturated rings. The first-order valence-electron chi connectivity index (χ1n) is 4.66. The van der Waals surface area contributed by atoms with Gasteiger partial charge in [-0.3, -0.25) is 5.43 Å². The van der Waals surface area contributed by atoms with Crippen molar-refractivity contribution < 1.29 is 8.42 Å². The molecule has 0 aromatic carbocycles. The molecule has 0 bridgehead atoms. The Labute approximate surface area is 124 Å². The Kier molecular flexibility index (Phi) is 5.79. The second-order valence-electron chi connectivity index (χ2n) is 2.99. The predicted molar refractivity (Wildman–Crippen MR) is 79.1 cm³/mol. The standard InChI is InChI=1S/C8H9N5O2S3.ClH/c1-16-8(11-13-5-9-10-6-13)12-18(14,15)7-3-2-4-17-7;/h2-6H,1H3,(H,11,12);1H. The van der Waals surface area contributed by atoms with Crippen molar-refractivity contribution >= 4 is 50.7 Å². The van der Waals surface area contributed by atoms with E-state index in [2.05, 4.69) is 20.0 Å². The molecular weight excluding hydrogens is 330 g/mol. The maximum Gasteiger partial charge on any atom is 0.294 e. The summed E-state index contributed by atoms with van der Waals surface area (Å²) < 4.78 is 29.2. The van der Waals surface area contributed by atoms with Gasteiger partial charge >= 0.3 is 0 Å². The highest BCUT2D eigenvalue weighted by molar-refractivity contribution is 8.14. The van der Waals surface area contributed by atoms with Crippen LogP contribution in [0.2, 0.25) is 0 Å². The highest BCUT2D eigenvalue weighted by Gasteiger charge is 2.15. The van der Waals surface area contributed by atoms with Gasteiger partial charge in [-0.2, -0.15) is 8.42 Å². The molecule has 11 heteroatoms. The van der Waals surface area contributed by atoms with E-state index in [0.29, 0.717) is 0 Å². The van der Waals surface area contributed by atoms with Crippen molar-refractivity contribution in [3.8, 4) is 0 Å².